The zero-order chi connectivity index (χ0) is 10.8. The number of hydrogen-bond acceptors (Lipinski definition) is 2. The van der Waals surface area contributed by atoms with E-state index in [2.05, 4.69) is 0 Å². The molecule has 0 bridgehead atoms. The van der Waals surface area contributed by atoms with Crippen LogP contribution in [0, 0.1) is 19.8 Å². The lowest BCUT2D eigenvalue weighted by Crippen LogP contribution is -2.03. The Morgan fingerprint density at radius 3 is 2.73 bits per heavy atom. The van der Waals surface area contributed by atoms with Crippen LogP contribution in [0.2, 0.25) is 0 Å². The molecule has 0 unspecified atom stereocenters. The van der Waals surface area contributed by atoms with Gasteiger partial charge in [0.25, 0.3) is 0 Å². The number of aldehydes is 1. The molecule has 0 aliphatic heterocycles. The predicted molar refractivity (Wildman–Crippen MR) is 59.5 cm³/mol. The molecule has 0 spiro atoms. The van der Waals surface area contributed by atoms with Crippen molar-refractivity contribution >= 4 is 6.29 Å². The van der Waals surface area contributed by atoms with E-state index in [1.807, 2.05) is 26.0 Å². The molecule has 1 aliphatic rings. The number of carbonyl (C=O) groups is 1. The molecule has 0 N–H and O–H groups in total. The fourth-order valence-corrected chi connectivity index (χ4v) is 1.70. The number of aryl methyl sites for hydroxylation is 2. The summed E-state index contributed by atoms with van der Waals surface area (Å²) in [6.07, 6.45) is 3.42. The van der Waals surface area contributed by atoms with E-state index in [1.165, 1.54) is 12.8 Å². The first kappa shape index (κ1) is 10.2. The monoisotopic (exact) mass is 204 g/mol. The molecular weight excluding hydrogens is 188 g/mol. The average molecular weight is 204 g/mol. The van der Waals surface area contributed by atoms with Crippen LogP contribution in [0.1, 0.15) is 34.3 Å². The van der Waals surface area contributed by atoms with Gasteiger partial charge in [0.2, 0.25) is 0 Å². The van der Waals surface area contributed by atoms with Crippen LogP contribution in [0.5, 0.6) is 5.75 Å². The minimum absolute atomic E-state index is 0.696. The van der Waals surface area contributed by atoms with Crippen molar-refractivity contribution in [3.8, 4) is 5.75 Å². The van der Waals surface area contributed by atoms with E-state index in [0.29, 0.717) is 11.5 Å². The van der Waals surface area contributed by atoms with Gasteiger partial charge in [-0.05, 0) is 49.8 Å². The highest BCUT2D eigenvalue weighted by Gasteiger charge is 2.22. The smallest absolute Gasteiger partial charge is 0.154 e. The second-order valence-electron chi connectivity index (χ2n) is 4.37. The second kappa shape index (κ2) is 4.05. The summed E-state index contributed by atoms with van der Waals surface area (Å²) in [6, 6.07) is 3.95. The van der Waals surface area contributed by atoms with Gasteiger partial charge in [-0.25, -0.2) is 0 Å². The summed E-state index contributed by atoms with van der Waals surface area (Å²) in [4.78, 5) is 10.9. The highest BCUT2D eigenvalue weighted by atomic mass is 16.5. The molecule has 15 heavy (non-hydrogen) atoms. The standard InChI is InChI=1S/C13H16O2/c1-9-5-10(2)12(7-14)13(6-9)15-8-11-3-4-11/h5-7,11H,3-4,8H2,1-2H3. The van der Waals surface area contributed by atoms with Gasteiger partial charge in [-0.3, -0.25) is 4.79 Å². The van der Waals surface area contributed by atoms with E-state index < -0.39 is 0 Å². The minimum atomic E-state index is 0.696. The molecule has 1 aromatic carbocycles. The predicted octanol–water partition coefficient (Wildman–Crippen LogP) is 2.90. The Kier molecular flexibility index (Phi) is 2.76. The molecule has 80 valence electrons. The van der Waals surface area contributed by atoms with Crippen LogP contribution in [-0.4, -0.2) is 12.9 Å². The SMILES string of the molecule is Cc1cc(C)c(C=O)c(OCC2CC2)c1. The second-order valence-corrected chi connectivity index (χ2v) is 4.37. The Morgan fingerprint density at radius 2 is 2.13 bits per heavy atom. The van der Waals surface area contributed by atoms with Crippen LogP contribution < -0.4 is 4.74 Å². The minimum Gasteiger partial charge on any atom is -0.493 e. The number of ether oxygens (including phenoxy) is 1. The quantitative estimate of drug-likeness (QED) is 0.705. The zero-order valence-corrected chi connectivity index (χ0v) is 9.25. The summed E-state index contributed by atoms with van der Waals surface area (Å²) in [5.74, 6) is 1.46. The van der Waals surface area contributed by atoms with Gasteiger partial charge in [-0.1, -0.05) is 6.07 Å². The van der Waals surface area contributed by atoms with Gasteiger partial charge in [0.05, 0.1) is 12.2 Å². The van der Waals surface area contributed by atoms with Crippen molar-refractivity contribution in [3.63, 3.8) is 0 Å². The van der Waals surface area contributed by atoms with Crippen molar-refractivity contribution in [3.05, 3.63) is 28.8 Å². The average Bonchev–Trinajstić information content (AvgIpc) is 2.97. The number of benzene rings is 1. The summed E-state index contributed by atoms with van der Waals surface area (Å²) in [7, 11) is 0. The molecule has 0 heterocycles. The van der Waals surface area contributed by atoms with Crippen molar-refractivity contribution in [2.24, 2.45) is 5.92 Å². The van der Waals surface area contributed by atoms with E-state index in [-0.39, 0.29) is 0 Å². The molecule has 0 radical (unpaired) electrons. The normalized spacial score (nSPS) is 15.1. The Morgan fingerprint density at radius 1 is 1.40 bits per heavy atom. The Bertz CT molecular complexity index is 378. The van der Waals surface area contributed by atoms with E-state index in [9.17, 15) is 4.79 Å². The maximum absolute atomic E-state index is 10.9. The summed E-state index contributed by atoms with van der Waals surface area (Å²) < 4.78 is 5.68. The first-order valence-electron chi connectivity index (χ1n) is 5.40. The summed E-state index contributed by atoms with van der Waals surface area (Å²) >= 11 is 0. The Balaban J connectivity index is 2.21. The lowest BCUT2D eigenvalue weighted by molar-refractivity contribution is 0.111. The lowest BCUT2D eigenvalue weighted by Gasteiger charge is -2.10. The fraction of sp³-hybridized carbons (Fsp3) is 0.462. The third-order valence-electron chi connectivity index (χ3n) is 2.78. The van der Waals surface area contributed by atoms with Gasteiger partial charge < -0.3 is 4.74 Å². The molecule has 1 aliphatic carbocycles. The lowest BCUT2D eigenvalue weighted by atomic mass is 10.1. The number of hydrogen-bond donors (Lipinski definition) is 0. The van der Waals surface area contributed by atoms with Crippen molar-refractivity contribution in [2.45, 2.75) is 26.7 Å². The Hall–Kier alpha value is -1.31. The number of rotatable bonds is 4. The third-order valence-corrected chi connectivity index (χ3v) is 2.78. The molecule has 0 saturated heterocycles. The first-order chi connectivity index (χ1) is 7.20. The molecule has 1 saturated carbocycles. The summed E-state index contributed by atoms with van der Waals surface area (Å²) in [5.41, 5.74) is 2.83. The van der Waals surface area contributed by atoms with Gasteiger partial charge in [0, 0.05) is 0 Å². The van der Waals surface area contributed by atoms with E-state index in [1.54, 1.807) is 0 Å². The van der Waals surface area contributed by atoms with Crippen LogP contribution >= 0.6 is 0 Å². The zero-order valence-electron chi connectivity index (χ0n) is 9.25. The summed E-state index contributed by atoms with van der Waals surface area (Å²) in [6.45, 7) is 4.72. The fourth-order valence-electron chi connectivity index (χ4n) is 1.70. The molecule has 2 nitrogen and oxygen atoms in total. The van der Waals surface area contributed by atoms with Crippen molar-refractivity contribution in [2.75, 3.05) is 6.61 Å². The van der Waals surface area contributed by atoms with Crippen LogP contribution in [0.25, 0.3) is 0 Å². The maximum Gasteiger partial charge on any atom is 0.154 e. The Labute approximate surface area is 90.3 Å². The van der Waals surface area contributed by atoms with Gasteiger partial charge in [-0.15, -0.1) is 0 Å². The highest BCUT2D eigenvalue weighted by Crippen LogP contribution is 2.31. The highest BCUT2D eigenvalue weighted by molar-refractivity contribution is 5.81. The molecule has 0 aromatic heterocycles. The topological polar surface area (TPSA) is 26.3 Å². The summed E-state index contributed by atoms with van der Waals surface area (Å²) in [5, 5.41) is 0. The van der Waals surface area contributed by atoms with Crippen LogP contribution in [-0.2, 0) is 0 Å². The van der Waals surface area contributed by atoms with E-state index in [0.717, 1.165) is 29.8 Å². The molecule has 1 fully saturated rings. The van der Waals surface area contributed by atoms with Crippen molar-refractivity contribution in [1.82, 2.24) is 0 Å². The molecular formula is C13H16O2. The van der Waals surface area contributed by atoms with E-state index >= 15 is 0 Å². The molecule has 2 heteroatoms. The van der Waals surface area contributed by atoms with Crippen LogP contribution in [0.3, 0.4) is 0 Å². The molecule has 2 rings (SSSR count). The van der Waals surface area contributed by atoms with Crippen molar-refractivity contribution in [1.29, 1.82) is 0 Å². The molecule has 0 atom stereocenters. The molecule has 1 aromatic rings. The first-order valence-corrected chi connectivity index (χ1v) is 5.40. The third kappa shape index (κ3) is 2.38. The van der Waals surface area contributed by atoms with Crippen LogP contribution in [0.15, 0.2) is 12.1 Å². The van der Waals surface area contributed by atoms with Gasteiger partial charge >= 0.3 is 0 Å². The maximum atomic E-state index is 10.9. The number of carbonyl (C=O) groups excluding carboxylic acids is 1. The largest absolute Gasteiger partial charge is 0.493 e. The van der Waals surface area contributed by atoms with E-state index in [4.69, 9.17) is 4.74 Å². The van der Waals surface area contributed by atoms with Gasteiger partial charge in [0.15, 0.2) is 6.29 Å². The molecule has 0 amide bonds. The van der Waals surface area contributed by atoms with Gasteiger partial charge in [0.1, 0.15) is 5.75 Å². The van der Waals surface area contributed by atoms with Gasteiger partial charge in [-0.2, -0.15) is 0 Å². The van der Waals surface area contributed by atoms with Crippen LogP contribution in [0.4, 0.5) is 0 Å². The van der Waals surface area contributed by atoms with Crippen molar-refractivity contribution < 1.29 is 9.53 Å².